The second-order valence-electron chi connectivity index (χ2n) is 16.5. The Morgan fingerprint density at radius 1 is 0.542 bits per heavy atom. The van der Waals surface area contributed by atoms with Crippen molar-refractivity contribution in [2.75, 3.05) is 33.0 Å². The molecule has 13 heteroatoms. The lowest BCUT2D eigenvalue weighted by Gasteiger charge is -2.22. The minimum atomic E-state index is -4.51. The maximum Gasteiger partial charge on any atom is 0.472 e. The van der Waals surface area contributed by atoms with Gasteiger partial charge < -0.3 is 29.8 Å². The molecule has 0 fully saturated rings. The van der Waals surface area contributed by atoms with E-state index in [0.717, 1.165) is 70.6 Å². The molecule has 3 atom stereocenters. The van der Waals surface area contributed by atoms with Crippen LogP contribution in [0.3, 0.4) is 0 Å². The molecule has 0 aliphatic heterocycles. The van der Waals surface area contributed by atoms with E-state index in [1.807, 2.05) is 0 Å². The monoisotopic (exact) mass is 861 g/mol. The summed E-state index contributed by atoms with van der Waals surface area (Å²) in [7, 11) is -4.51. The number of carbonyl (C=O) groups is 4. The van der Waals surface area contributed by atoms with Crippen LogP contribution in [0.15, 0.2) is 0 Å². The highest BCUT2D eigenvalue weighted by molar-refractivity contribution is 7.47. The number of rotatable bonds is 45. The number of Topliss-reactive ketones (excluding diaryl/α,β-unsaturated/α-hetero) is 1. The number of carbonyl (C=O) groups excluding carboxylic acids is 4. The number of phosphoric acid groups is 1. The van der Waals surface area contributed by atoms with Crippen LogP contribution >= 0.6 is 7.82 Å². The van der Waals surface area contributed by atoms with Gasteiger partial charge >= 0.3 is 13.8 Å². The van der Waals surface area contributed by atoms with Gasteiger partial charge in [-0.2, -0.15) is 0 Å². The number of ether oxygens (including phenoxy) is 2. The molecule has 59 heavy (non-hydrogen) atoms. The maximum absolute atomic E-state index is 13.0. The summed E-state index contributed by atoms with van der Waals surface area (Å²) in [4.78, 5) is 59.0. The van der Waals surface area contributed by atoms with Crippen molar-refractivity contribution >= 4 is 31.4 Å². The molecular formula is C46H89N2O10P. The minimum absolute atomic E-state index is 0.0313. The number of hydrogen-bond acceptors (Lipinski definition) is 9. The topological polar surface area (TPSA) is 167 Å². The number of nitrogens with one attached hydrogen (secondary N) is 2. The van der Waals surface area contributed by atoms with E-state index < -0.39 is 13.9 Å². The van der Waals surface area contributed by atoms with Gasteiger partial charge in [0, 0.05) is 38.6 Å². The molecular weight excluding hydrogens is 771 g/mol. The fourth-order valence-electron chi connectivity index (χ4n) is 6.83. The number of phosphoric ester groups is 1. The highest BCUT2D eigenvalue weighted by Crippen LogP contribution is 2.43. The van der Waals surface area contributed by atoms with Crippen LogP contribution in [0.1, 0.15) is 227 Å². The lowest BCUT2D eigenvalue weighted by molar-refractivity contribution is -0.150. The number of hydrogen-bond donors (Lipinski definition) is 3. The third-order valence-electron chi connectivity index (χ3n) is 10.5. The molecule has 1 unspecified atom stereocenters. The Morgan fingerprint density at radius 2 is 1.03 bits per heavy atom. The van der Waals surface area contributed by atoms with Gasteiger partial charge in [0.2, 0.25) is 11.8 Å². The second-order valence-corrected chi connectivity index (χ2v) is 17.9. The largest absolute Gasteiger partial charge is 0.472 e. The Balaban J connectivity index is 5.03. The normalized spacial score (nSPS) is 13.4. The van der Waals surface area contributed by atoms with Crippen molar-refractivity contribution in [3.05, 3.63) is 0 Å². The molecule has 12 nitrogen and oxygen atoms in total. The van der Waals surface area contributed by atoms with E-state index in [1.54, 1.807) is 0 Å². The first-order chi connectivity index (χ1) is 28.5. The van der Waals surface area contributed by atoms with Crippen LogP contribution in [-0.4, -0.2) is 73.6 Å². The van der Waals surface area contributed by atoms with Gasteiger partial charge in [-0.15, -0.1) is 0 Å². The lowest BCUT2D eigenvalue weighted by Crippen LogP contribution is -2.41. The van der Waals surface area contributed by atoms with Crippen LogP contribution in [0.5, 0.6) is 0 Å². The van der Waals surface area contributed by atoms with E-state index in [9.17, 15) is 28.6 Å². The predicted molar refractivity (Wildman–Crippen MR) is 238 cm³/mol. The van der Waals surface area contributed by atoms with Crippen LogP contribution < -0.4 is 10.6 Å². The molecule has 2 amide bonds. The van der Waals surface area contributed by atoms with Gasteiger partial charge in [-0.3, -0.25) is 23.4 Å². The zero-order valence-electron chi connectivity index (χ0n) is 38.2. The van der Waals surface area contributed by atoms with Crippen LogP contribution in [0.2, 0.25) is 0 Å². The third kappa shape index (κ3) is 41.3. The van der Waals surface area contributed by atoms with Crippen molar-refractivity contribution in [2.45, 2.75) is 239 Å². The van der Waals surface area contributed by atoms with Crippen molar-refractivity contribution in [3.8, 4) is 0 Å². The first-order valence-electron chi connectivity index (χ1n) is 24.0. The number of unbranched alkanes of at least 4 members (excludes halogenated alkanes) is 22. The molecule has 0 aromatic carbocycles. The molecule has 0 aliphatic rings. The number of amides is 2. The van der Waals surface area contributed by atoms with E-state index in [-0.39, 0.29) is 75.5 Å². The highest BCUT2D eigenvalue weighted by atomic mass is 31.2. The van der Waals surface area contributed by atoms with E-state index in [2.05, 4.69) is 31.4 Å². The average Bonchev–Trinajstić information content (AvgIpc) is 3.20. The Morgan fingerprint density at radius 3 is 1.56 bits per heavy atom. The first kappa shape index (κ1) is 57.1. The van der Waals surface area contributed by atoms with E-state index in [0.29, 0.717) is 19.3 Å². The van der Waals surface area contributed by atoms with Gasteiger partial charge in [-0.05, 0) is 32.6 Å². The summed E-state index contributed by atoms with van der Waals surface area (Å²) < 4.78 is 34.9. The summed E-state index contributed by atoms with van der Waals surface area (Å²) in [5.74, 6) is -0.811. The lowest BCUT2D eigenvalue weighted by atomic mass is 10.1. The quantitative estimate of drug-likeness (QED) is 0.0305. The summed E-state index contributed by atoms with van der Waals surface area (Å²) in [6, 6.07) is -0.716. The third-order valence-corrected chi connectivity index (χ3v) is 11.5. The predicted octanol–water partition coefficient (Wildman–Crippen LogP) is 11.4. The fourth-order valence-corrected chi connectivity index (χ4v) is 7.60. The van der Waals surface area contributed by atoms with Crippen LogP contribution in [0.4, 0.5) is 0 Å². The Kier molecular flexibility index (Phi) is 40.2. The van der Waals surface area contributed by atoms with Crippen LogP contribution in [0, 0.1) is 0 Å². The van der Waals surface area contributed by atoms with Gasteiger partial charge in [-0.1, -0.05) is 162 Å². The van der Waals surface area contributed by atoms with Gasteiger partial charge in [0.05, 0.1) is 32.5 Å². The standard InChI is InChI=1S/C46H89N2O10P/c1-5-8-11-14-16-18-19-21-22-25-28-31-45(51)48-42(40-57-59(53,54)56-38-36-47-44(50)34-33-41(4)49)39-55-37-35-43(30-27-24-13-10-7-3)58-46(52)32-29-26-23-20-17-15-12-9-6-2/h42-43H,5-40H2,1-4H3,(H,47,50)(H,48,51)(H,53,54)/t42-,43-/m1/s1. The maximum atomic E-state index is 13.0. The molecule has 0 bridgehead atoms. The van der Waals surface area contributed by atoms with Gasteiger partial charge in [0.25, 0.3) is 0 Å². The van der Waals surface area contributed by atoms with Crippen LogP contribution in [0.25, 0.3) is 0 Å². The molecule has 0 rings (SSSR count). The zero-order valence-corrected chi connectivity index (χ0v) is 39.1. The molecule has 0 aromatic heterocycles. The van der Waals surface area contributed by atoms with Crippen molar-refractivity contribution < 1.29 is 47.2 Å². The highest BCUT2D eigenvalue weighted by Gasteiger charge is 2.25. The Hall–Kier alpha value is -1.85. The van der Waals surface area contributed by atoms with Crippen LogP contribution in [-0.2, 0) is 42.3 Å². The van der Waals surface area contributed by atoms with Crippen molar-refractivity contribution in [1.29, 1.82) is 0 Å². The zero-order chi connectivity index (χ0) is 43.7. The smallest absolute Gasteiger partial charge is 0.462 e. The van der Waals surface area contributed by atoms with E-state index in [4.69, 9.17) is 18.5 Å². The molecule has 3 N–H and O–H groups in total. The van der Waals surface area contributed by atoms with Crippen molar-refractivity contribution in [3.63, 3.8) is 0 Å². The summed E-state index contributed by atoms with van der Waals surface area (Å²) >= 11 is 0. The van der Waals surface area contributed by atoms with Gasteiger partial charge in [-0.25, -0.2) is 4.57 Å². The Bertz CT molecular complexity index is 1080. The van der Waals surface area contributed by atoms with E-state index in [1.165, 1.54) is 103 Å². The molecule has 0 radical (unpaired) electrons. The number of esters is 1. The molecule has 0 aromatic rings. The molecule has 0 heterocycles. The van der Waals surface area contributed by atoms with Crippen molar-refractivity contribution in [1.82, 2.24) is 10.6 Å². The molecule has 0 saturated heterocycles. The molecule has 0 saturated carbocycles. The summed E-state index contributed by atoms with van der Waals surface area (Å²) in [6.07, 6.45) is 31.1. The van der Waals surface area contributed by atoms with Gasteiger partial charge in [0.15, 0.2) is 0 Å². The Labute approximate surface area is 360 Å². The summed E-state index contributed by atoms with van der Waals surface area (Å²) in [6.45, 7) is 7.73. The SMILES string of the molecule is CCCCCCCCCCCCCC(=O)N[C@H](COCC[C@@H](CCCCCCC)OC(=O)CCCCCCCCCCC)COP(=O)(O)OCCNC(=O)CCC(C)=O. The first-order valence-corrected chi connectivity index (χ1v) is 25.5. The number of ketones is 1. The summed E-state index contributed by atoms with van der Waals surface area (Å²) in [5, 5.41) is 5.45. The summed E-state index contributed by atoms with van der Waals surface area (Å²) in [5.41, 5.74) is 0. The minimum Gasteiger partial charge on any atom is -0.462 e. The second kappa shape index (κ2) is 41.5. The molecule has 348 valence electrons. The van der Waals surface area contributed by atoms with Crippen molar-refractivity contribution in [2.24, 2.45) is 0 Å². The van der Waals surface area contributed by atoms with Gasteiger partial charge in [0.1, 0.15) is 11.9 Å². The van der Waals surface area contributed by atoms with E-state index >= 15 is 0 Å². The molecule has 0 aliphatic carbocycles. The molecule has 0 spiro atoms. The average molecular weight is 861 g/mol. The fraction of sp³-hybridized carbons (Fsp3) is 0.913.